The number of carbonyl (C=O) groups excluding carboxylic acids is 1. The molecule has 0 unspecified atom stereocenters. The third-order valence-electron chi connectivity index (χ3n) is 4.26. The fourth-order valence-electron chi connectivity index (χ4n) is 2.86. The van der Waals surface area contributed by atoms with Crippen LogP contribution in [0.4, 0.5) is 9.52 Å². The van der Waals surface area contributed by atoms with Crippen molar-refractivity contribution < 1.29 is 23.8 Å². The Hall–Kier alpha value is -3.13. The van der Waals surface area contributed by atoms with Crippen LogP contribution >= 0.6 is 11.3 Å². The second-order valence-corrected chi connectivity index (χ2v) is 7.30. The molecule has 0 spiro atoms. The first-order valence-electron chi connectivity index (χ1n) is 8.90. The number of hydrogen-bond donors (Lipinski definition) is 1. The zero-order valence-electron chi connectivity index (χ0n) is 16.0. The van der Waals surface area contributed by atoms with E-state index in [0.29, 0.717) is 45.7 Å². The molecule has 0 radical (unpaired) electrons. The van der Waals surface area contributed by atoms with Gasteiger partial charge in [-0.05, 0) is 48.4 Å². The molecule has 0 bridgehead atoms. The number of nitrogens with one attached hydrogen (secondary N) is 1. The molecule has 0 amide bonds. The fourth-order valence-corrected chi connectivity index (χ4v) is 3.86. The minimum absolute atomic E-state index is 0.248. The molecule has 6 nitrogen and oxygen atoms in total. The number of aromatic nitrogens is 1. The number of halogens is 1. The van der Waals surface area contributed by atoms with E-state index < -0.39 is 5.97 Å². The number of ether oxygens (including phenoxy) is 2. The first kappa shape index (κ1) is 20.6. The van der Waals surface area contributed by atoms with Gasteiger partial charge in [-0.2, -0.15) is 0 Å². The number of carboxylic acids is 1. The number of thiazole rings is 1. The summed E-state index contributed by atoms with van der Waals surface area (Å²) < 4.78 is 23.7. The van der Waals surface area contributed by atoms with Crippen molar-refractivity contribution in [1.29, 1.82) is 0 Å². The van der Waals surface area contributed by atoms with Crippen molar-refractivity contribution in [3.8, 4) is 22.8 Å². The van der Waals surface area contributed by atoms with Gasteiger partial charge in [0.05, 0.1) is 19.9 Å². The lowest BCUT2D eigenvalue weighted by Crippen LogP contribution is -2.24. The van der Waals surface area contributed by atoms with Crippen molar-refractivity contribution in [3.63, 3.8) is 0 Å². The summed E-state index contributed by atoms with van der Waals surface area (Å²) in [5.41, 5.74) is 2.24. The van der Waals surface area contributed by atoms with Crippen LogP contribution in [0, 0.1) is 5.82 Å². The highest BCUT2D eigenvalue weighted by atomic mass is 32.1. The number of carboxylic acid groups (broad SMARTS) is 1. The Morgan fingerprint density at radius 2 is 1.86 bits per heavy atom. The van der Waals surface area contributed by atoms with E-state index in [0.717, 1.165) is 5.56 Å². The maximum atomic E-state index is 13.2. The smallest absolute Gasteiger partial charge is 0.183 e. The van der Waals surface area contributed by atoms with E-state index in [-0.39, 0.29) is 12.2 Å². The maximum absolute atomic E-state index is 13.2. The molecule has 8 heteroatoms. The Labute approximate surface area is 171 Å². The van der Waals surface area contributed by atoms with Crippen LogP contribution in [0.1, 0.15) is 10.4 Å². The number of hydrogen-bond acceptors (Lipinski definition) is 7. The molecule has 1 aromatic heterocycles. The van der Waals surface area contributed by atoms with Gasteiger partial charge in [-0.15, -0.1) is 11.3 Å². The summed E-state index contributed by atoms with van der Waals surface area (Å²) >= 11 is 1.25. The van der Waals surface area contributed by atoms with Crippen molar-refractivity contribution in [2.24, 2.45) is 0 Å². The molecular formula is C21H20FN2O4S-. The van der Waals surface area contributed by atoms with Gasteiger partial charge in [0, 0.05) is 29.4 Å². The second kappa shape index (κ2) is 9.38. The SMILES string of the molecule is COc1ccc(CCNc2nc(-c3ccc(F)cc3)c(CC(=O)[O-])s2)cc1OC. The van der Waals surface area contributed by atoms with Gasteiger partial charge in [-0.3, -0.25) is 0 Å². The minimum Gasteiger partial charge on any atom is -0.550 e. The second-order valence-electron chi connectivity index (χ2n) is 6.21. The molecule has 152 valence electrons. The van der Waals surface area contributed by atoms with E-state index in [1.807, 2.05) is 18.2 Å². The van der Waals surface area contributed by atoms with E-state index in [1.165, 1.54) is 23.5 Å². The van der Waals surface area contributed by atoms with E-state index in [9.17, 15) is 14.3 Å². The zero-order chi connectivity index (χ0) is 20.8. The summed E-state index contributed by atoms with van der Waals surface area (Å²) in [6.07, 6.45) is 0.462. The third-order valence-corrected chi connectivity index (χ3v) is 5.27. The lowest BCUT2D eigenvalue weighted by atomic mass is 10.1. The predicted octanol–water partition coefficient (Wildman–Crippen LogP) is 2.91. The average molecular weight is 415 g/mol. The highest BCUT2D eigenvalue weighted by Crippen LogP contribution is 2.32. The number of anilines is 1. The molecule has 29 heavy (non-hydrogen) atoms. The topological polar surface area (TPSA) is 83.5 Å². The lowest BCUT2D eigenvalue weighted by molar-refractivity contribution is -0.304. The normalized spacial score (nSPS) is 10.6. The van der Waals surface area contributed by atoms with Crippen LogP contribution < -0.4 is 19.9 Å². The molecule has 0 atom stereocenters. The zero-order valence-corrected chi connectivity index (χ0v) is 16.8. The molecule has 3 rings (SSSR count). The maximum Gasteiger partial charge on any atom is 0.183 e. The van der Waals surface area contributed by atoms with Gasteiger partial charge in [0.15, 0.2) is 16.6 Å². The summed E-state index contributed by atoms with van der Waals surface area (Å²) in [5, 5.41) is 14.9. The Balaban J connectivity index is 1.72. The number of rotatable bonds is 9. The van der Waals surface area contributed by atoms with Gasteiger partial charge in [-0.25, -0.2) is 9.37 Å². The van der Waals surface area contributed by atoms with Crippen LogP contribution in [0.5, 0.6) is 11.5 Å². The highest BCUT2D eigenvalue weighted by molar-refractivity contribution is 7.16. The first-order chi connectivity index (χ1) is 14.0. The van der Waals surface area contributed by atoms with Crippen molar-refractivity contribution in [2.45, 2.75) is 12.8 Å². The monoisotopic (exact) mass is 415 g/mol. The molecule has 0 aliphatic rings. The van der Waals surface area contributed by atoms with E-state index in [1.54, 1.807) is 26.4 Å². The quantitative estimate of drug-likeness (QED) is 0.579. The summed E-state index contributed by atoms with van der Waals surface area (Å²) in [5.74, 6) is -0.221. The molecule has 0 saturated carbocycles. The van der Waals surface area contributed by atoms with Gasteiger partial charge in [-0.1, -0.05) is 6.07 Å². The van der Waals surface area contributed by atoms with Gasteiger partial charge in [0.2, 0.25) is 0 Å². The fraction of sp³-hybridized carbons (Fsp3) is 0.238. The van der Waals surface area contributed by atoms with Gasteiger partial charge in [0.25, 0.3) is 0 Å². The summed E-state index contributed by atoms with van der Waals surface area (Å²) in [4.78, 5) is 16.2. The summed E-state index contributed by atoms with van der Waals surface area (Å²) in [6.45, 7) is 0.594. The summed E-state index contributed by atoms with van der Waals surface area (Å²) in [6, 6.07) is 11.5. The molecule has 2 aromatic carbocycles. The van der Waals surface area contributed by atoms with Crippen molar-refractivity contribution >= 4 is 22.4 Å². The summed E-state index contributed by atoms with van der Waals surface area (Å²) in [7, 11) is 3.18. The van der Waals surface area contributed by atoms with Crippen LogP contribution in [0.25, 0.3) is 11.3 Å². The van der Waals surface area contributed by atoms with E-state index >= 15 is 0 Å². The molecule has 0 aliphatic carbocycles. The number of carbonyl (C=O) groups is 1. The Bertz CT molecular complexity index is 989. The number of nitrogens with zero attached hydrogens (tertiary/aromatic N) is 1. The number of methoxy groups -OCH3 is 2. The molecule has 0 saturated heterocycles. The van der Waals surface area contributed by atoms with Gasteiger partial charge in [0.1, 0.15) is 5.82 Å². The van der Waals surface area contributed by atoms with Crippen LogP contribution in [0.15, 0.2) is 42.5 Å². The van der Waals surface area contributed by atoms with Gasteiger partial charge >= 0.3 is 0 Å². The Morgan fingerprint density at radius 1 is 1.14 bits per heavy atom. The van der Waals surface area contributed by atoms with Crippen LogP contribution in [0.3, 0.4) is 0 Å². The van der Waals surface area contributed by atoms with Crippen LogP contribution in [-0.2, 0) is 17.6 Å². The minimum atomic E-state index is -1.19. The van der Waals surface area contributed by atoms with Crippen molar-refractivity contribution in [3.05, 3.63) is 58.7 Å². The molecular weight excluding hydrogens is 395 g/mol. The van der Waals surface area contributed by atoms with Crippen LogP contribution in [-0.4, -0.2) is 31.7 Å². The van der Waals surface area contributed by atoms with E-state index in [2.05, 4.69) is 10.3 Å². The average Bonchev–Trinajstić information content (AvgIpc) is 3.10. The van der Waals surface area contributed by atoms with Crippen LogP contribution in [0.2, 0.25) is 0 Å². The molecule has 3 aromatic rings. The lowest BCUT2D eigenvalue weighted by Gasteiger charge is -2.09. The molecule has 0 aliphatic heterocycles. The molecule has 1 heterocycles. The van der Waals surface area contributed by atoms with E-state index in [4.69, 9.17) is 9.47 Å². The molecule has 1 N–H and O–H groups in total. The highest BCUT2D eigenvalue weighted by Gasteiger charge is 2.14. The Morgan fingerprint density at radius 3 is 2.52 bits per heavy atom. The molecule has 0 fully saturated rings. The third kappa shape index (κ3) is 5.23. The number of benzene rings is 2. The first-order valence-corrected chi connectivity index (χ1v) is 9.72. The standard InChI is InChI=1S/C21H21FN2O4S/c1-27-16-8-3-13(11-17(16)28-2)9-10-23-21-24-20(18(29-21)12-19(25)26)14-4-6-15(22)7-5-14/h3-8,11H,9-10,12H2,1-2H3,(H,23,24)(H,25,26)/p-1. The van der Waals surface area contributed by atoms with Crippen molar-refractivity contribution in [1.82, 2.24) is 4.98 Å². The largest absolute Gasteiger partial charge is 0.550 e. The van der Waals surface area contributed by atoms with Gasteiger partial charge < -0.3 is 24.7 Å². The van der Waals surface area contributed by atoms with Crippen molar-refractivity contribution in [2.75, 3.05) is 26.1 Å². The Kier molecular flexibility index (Phi) is 6.66. The predicted molar refractivity (Wildman–Crippen MR) is 108 cm³/mol. The number of aliphatic carboxylic acids is 1.